The van der Waals surface area contributed by atoms with E-state index in [-0.39, 0.29) is 16.5 Å². The average molecular weight is 479 g/mol. The Kier molecular flexibility index (Phi) is 5.30. The molecule has 4 aromatic rings. The molecule has 0 fully saturated rings. The van der Waals surface area contributed by atoms with Gasteiger partial charge in [-0.1, -0.05) is 24.3 Å². The summed E-state index contributed by atoms with van der Waals surface area (Å²) in [6, 6.07) is 17.3. The molecule has 5 rings (SSSR count). The number of benzene rings is 2. The summed E-state index contributed by atoms with van der Waals surface area (Å²) in [6.45, 7) is 1.89. The number of anilines is 2. The lowest BCUT2D eigenvalue weighted by Crippen LogP contribution is -2.35. The minimum absolute atomic E-state index is 0.0855. The Morgan fingerprint density at radius 3 is 2.73 bits per heavy atom. The van der Waals surface area contributed by atoms with Crippen LogP contribution in [-0.2, 0) is 23.5 Å². The first-order valence-electron chi connectivity index (χ1n) is 10.5. The molecule has 0 radical (unpaired) electrons. The Hall–Kier alpha value is -3.43. The number of hydrogen-bond acceptors (Lipinski definition) is 5. The zero-order valence-corrected chi connectivity index (χ0v) is 19.7. The van der Waals surface area contributed by atoms with E-state index in [2.05, 4.69) is 10.3 Å². The lowest BCUT2D eigenvalue weighted by atomic mass is 10.1. The third kappa shape index (κ3) is 3.83. The maximum absolute atomic E-state index is 13.5. The summed E-state index contributed by atoms with van der Waals surface area (Å²) in [5.41, 5.74) is 3.66. The summed E-state index contributed by atoms with van der Waals surface area (Å²) in [5.74, 6) is -0.408. The third-order valence-corrected chi connectivity index (χ3v) is 8.41. The molecule has 2 aromatic heterocycles. The van der Waals surface area contributed by atoms with E-state index in [1.807, 2.05) is 66.5 Å². The lowest BCUT2D eigenvalue weighted by Gasteiger charge is -2.24. The van der Waals surface area contributed by atoms with Crippen LogP contribution in [0.1, 0.15) is 22.8 Å². The summed E-state index contributed by atoms with van der Waals surface area (Å²) >= 11 is 1.32. The van der Waals surface area contributed by atoms with Gasteiger partial charge >= 0.3 is 0 Å². The van der Waals surface area contributed by atoms with Crippen LogP contribution in [0, 0.1) is 0 Å². The molecule has 168 valence electrons. The number of para-hydroxylation sites is 1. The second kappa shape index (κ2) is 8.17. The van der Waals surface area contributed by atoms with Crippen LogP contribution in [0.3, 0.4) is 0 Å². The molecule has 2 aromatic carbocycles. The number of aromatic nitrogens is 2. The van der Waals surface area contributed by atoms with Crippen molar-refractivity contribution in [1.82, 2.24) is 9.55 Å². The van der Waals surface area contributed by atoms with Gasteiger partial charge in [0.25, 0.3) is 15.9 Å². The summed E-state index contributed by atoms with van der Waals surface area (Å²) < 4.78 is 30.4. The highest BCUT2D eigenvalue weighted by molar-refractivity contribution is 7.92. The van der Waals surface area contributed by atoms with Crippen molar-refractivity contribution in [3.63, 3.8) is 0 Å². The topological polar surface area (TPSA) is 84.3 Å². The number of sulfonamides is 1. The van der Waals surface area contributed by atoms with Crippen molar-refractivity contribution < 1.29 is 13.2 Å². The number of carbonyl (C=O) groups is 1. The van der Waals surface area contributed by atoms with Crippen molar-refractivity contribution in [3.05, 3.63) is 83.4 Å². The largest absolute Gasteiger partial charge is 0.349 e. The van der Waals surface area contributed by atoms with Gasteiger partial charge in [0, 0.05) is 30.2 Å². The monoisotopic (exact) mass is 478 g/mol. The maximum atomic E-state index is 13.5. The van der Waals surface area contributed by atoms with Gasteiger partial charge in [-0.05, 0) is 55.3 Å². The van der Waals surface area contributed by atoms with E-state index >= 15 is 0 Å². The minimum Gasteiger partial charge on any atom is -0.349 e. The number of hydrogen-bond donors (Lipinski definition) is 1. The zero-order valence-electron chi connectivity index (χ0n) is 18.1. The SMILES string of the molecule is CC1Cc2ccccc2N1S(=O)(=O)c1cccc(C(=O)Nc2nc(-c3cccn3C)cs2)c1. The van der Waals surface area contributed by atoms with Crippen LogP contribution in [0.2, 0.25) is 0 Å². The number of amides is 1. The Bertz CT molecular complexity index is 1460. The first-order valence-corrected chi connectivity index (χ1v) is 12.8. The summed E-state index contributed by atoms with van der Waals surface area (Å²) in [4.78, 5) is 17.5. The quantitative estimate of drug-likeness (QED) is 0.456. The minimum atomic E-state index is -3.82. The molecule has 0 saturated carbocycles. The highest BCUT2D eigenvalue weighted by Crippen LogP contribution is 2.36. The van der Waals surface area contributed by atoms with Crippen molar-refractivity contribution >= 4 is 38.1 Å². The normalized spacial score (nSPS) is 15.5. The number of nitrogens with one attached hydrogen (secondary N) is 1. The summed E-state index contributed by atoms with van der Waals surface area (Å²) in [5, 5.41) is 5.11. The second-order valence-electron chi connectivity index (χ2n) is 8.01. The number of thiazole rings is 1. The van der Waals surface area contributed by atoms with E-state index in [1.54, 1.807) is 12.1 Å². The van der Waals surface area contributed by atoms with E-state index in [9.17, 15) is 13.2 Å². The molecular weight excluding hydrogens is 456 g/mol. The smallest absolute Gasteiger partial charge is 0.264 e. The fourth-order valence-corrected chi connectivity index (χ4v) is 6.60. The first kappa shape index (κ1) is 21.4. The molecule has 0 saturated heterocycles. The standard InChI is InChI=1S/C24H22N4O3S2/c1-16-13-17-7-3-4-10-21(17)28(16)33(30,31)19-9-5-8-18(14-19)23(29)26-24-25-20(15-32-24)22-11-6-12-27(22)2/h3-12,14-16H,13H2,1-2H3,(H,25,26,29). The van der Waals surface area contributed by atoms with Crippen molar-refractivity contribution in [2.24, 2.45) is 7.05 Å². The summed E-state index contributed by atoms with van der Waals surface area (Å²) in [6.07, 6.45) is 2.58. The molecule has 3 heterocycles. The number of rotatable bonds is 5. The van der Waals surface area contributed by atoms with Crippen LogP contribution in [0.5, 0.6) is 0 Å². The van der Waals surface area contributed by atoms with Crippen molar-refractivity contribution in [2.45, 2.75) is 24.3 Å². The van der Waals surface area contributed by atoms with E-state index in [4.69, 9.17) is 0 Å². The van der Waals surface area contributed by atoms with Crippen molar-refractivity contribution in [1.29, 1.82) is 0 Å². The predicted octanol–water partition coefficient (Wildman–Crippen LogP) is 4.54. The van der Waals surface area contributed by atoms with Gasteiger partial charge in [0.1, 0.15) is 0 Å². The third-order valence-electron chi connectivity index (χ3n) is 5.73. The van der Waals surface area contributed by atoms with Crippen molar-refractivity contribution in [3.8, 4) is 11.4 Å². The van der Waals surface area contributed by atoms with Crippen LogP contribution in [0.25, 0.3) is 11.4 Å². The van der Waals surface area contributed by atoms with Gasteiger partial charge in [0.15, 0.2) is 5.13 Å². The van der Waals surface area contributed by atoms with Crippen LogP contribution in [-0.4, -0.2) is 29.9 Å². The van der Waals surface area contributed by atoms with Gasteiger partial charge in [-0.3, -0.25) is 14.4 Å². The predicted molar refractivity (Wildman–Crippen MR) is 130 cm³/mol. The van der Waals surface area contributed by atoms with Gasteiger partial charge in [-0.25, -0.2) is 13.4 Å². The molecule has 9 heteroatoms. The molecule has 0 spiro atoms. The fraction of sp³-hybridized carbons (Fsp3) is 0.167. The van der Waals surface area contributed by atoms with Gasteiger partial charge in [0.2, 0.25) is 0 Å². The fourth-order valence-electron chi connectivity index (χ4n) is 4.16. The zero-order chi connectivity index (χ0) is 23.2. The van der Waals surface area contributed by atoms with Crippen LogP contribution >= 0.6 is 11.3 Å². The number of aryl methyl sites for hydroxylation is 1. The Morgan fingerprint density at radius 2 is 1.94 bits per heavy atom. The molecule has 0 bridgehead atoms. The molecule has 33 heavy (non-hydrogen) atoms. The highest BCUT2D eigenvalue weighted by atomic mass is 32.2. The highest BCUT2D eigenvalue weighted by Gasteiger charge is 2.36. The van der Waals surface area contributed by atoms with E-state index in [1.165, 1.54) is 27.8 Å². The molecule has 1 unspecified atom stereocenters. The number of carbonyl (C=O) groups excluding carboxylic acids is 1. The Labute approximate surface area is 196 Å². The summed E-state index contributed by atoms with van der Waals surface area (Å²) in [7, 11) is -1.89. The molecule has 0 aliphatic carbocycles. The average Bonchev–Trinajstić information content (AvgIpc) is 3.51. The van der Waals surface area contributed by atoms with Crippen LogP contribution in [0.15, 0.2) is 77.1 Å². The molecule has 1 atom stereocenters. The molecular formula is C24H22N4O3S2. The van der Waals surface area contributed by atoms with E-state index in [0.29, 0.717) is 17.2 Å². The van der Waals surface area contributed by atoms with Crippen molar-refractivity contribution in [2.75, 3.05) is 9.62 Å². The lowest BCUT2D eigenvalue weighted by molar-refractivity contribution is 0.102. The van der Waals surface area contributed by atoms with Gasteiger partial charge in [-0.2, -0.15) is 0 Å². The van der Waals surface area contributed by atoms with Crippen LogP contribution in [0.4, 0.5) is 10.8 Å². The van der Waals surface area contributed by atoms with E-state index < -0.39 is 15.9 Å². The second-order valence-corrected chi connectivity index (χ2v) is 10.7. The first-order chi connectivity index (χ1) is 15.8. The van der Waals surface area contributed by atoms with E-state index in [0.717, 1.165) is 17.0 Å². The maximum Gasteiger partial charge on any atom is 0.264 e. The Morgan fingerprint density at radius 1 is 1.12 bits per heavy atom. The molecule has 7 nitrogen and oxygen atoms in total. The number of fused-ring (bicyclic) bond motifs is 1. The molecule has 1 aliphatic heterocycles. The number of nitrogens with zero attached hydrogens (tertiary/aromatic N) is 3. The van der Waals surface area contributed by atoms with Crippen LogP contribution < -0.4 is 9.62 Å². The van der Waals surface area contributed by atoms with Gasteiger partial charge in [0.05, 0.1) is 22.0 Å². The Balaban J connectivity index is 1.40. The molecule has 1 aliphatic rings. The molecule has 1 N–H and O–H groups in total. The molecule has 1 amide bonds. The van der Waals surface area contributed by atoms with Gasteiger partial charge < -0.3 is 4.57 Å². The van der Waals surface area contributed by atoms with Gasteiger partial charge in [-0.15, -0.1) is 11.3 Å².